The van der Waals surface area contributed by atoms with Gasteiger partial charge in [0.15, 0.2) is 0 Å². The van der Waals surface area contributed by atoms with E-state index in [9.17, 15) is 14.4 Å². The molecule has 5 aromatic rings. The Morgan fingerprint density at radius 3 is 1.55 bits per heavy atom. The van der Waals surface area contributed by atoms with E-state index in [1.807, 2.05) is 59.6 Å². The third kappa shape index (κ3) is 12.2. The number of hydrogen-bond acceptors (Lipinski definition) is 10. The van der Waals surface area contributed by atoms with Crippen LogP contribution in [0.4, 0.5) is 11.6 Å². The second-order valence-electron chi connectivity index (χ2n) is 17.9. The minimum absolute atomic E-state index is 0. The first-order valence-electron chi connectivity index (χ1n) is 21.4. The Bertz CT molecular complexity index is 2460. The van der Waals surface area contributed by atoms with E-state index in [4.69, 9.17) is 11.5 Å². The lowest BCUT2D eigenvalue weighted by Crippen LogP contribution is -2.41. The van der Waals surface area contributed by atoms with Gasteiger partial charge in [-0.2, -0.15) is 4.98 Å². The van der Waals surface area contributed by atoms with Crippen molar-refractivity contribution in [1.29, 1.82) is 0 Å². The van der Waals surface area contributed by atoms with E-state index in [0.717, 1.165) is 38.8 Å². The molecule has 0 saturated carbocycles. The monoisotopic (exact) mass is 857 g/mol. The van der Waals surface area contributed by atoms with Crippen molar-refractivity contribution in [3.05, 3.63) is 92.4 Å². The first-order valence-corrected chi connectivity index (χ1v) is 21.4. The number of nitrogen functional groups attached to an aromatic ring is 2. The highest BCUT2D eigenvalue weighted by atomic mass is 16.2. The van der Waals surface area contributed by atoms with Gasteiger partial charge in [0.2, 0.25) is 0 Å². The van der Waals surface area contributed by atoms with Gasteiger partial charge in [0.05, 0.1) is 10.8 Å². The van der Waals surface area contributed by atoms with Crippen molar-refractivity contribution in [1.82, 2.24) is 48.8 Å². The molecule has 0 saturated heterocycles. The van der Waals surface area contributed by atoms with Crippen LogP contribution in [0.15, 0.2) is 58.7 Å². The van der Waals surface area contributed by atoms with Gasteiger partial charge in [-0.15, -0.1) is 0 Å². The van der Waals surface area contributed by atoms with Gasteiger partial charge in [0.25, 0.3) is 11.5 Å². The van der Waals surface area contributed by atoms with Crippen molar-refractivity contribution in [2.24, 2.45) is 5.92 Å². The van der Waals surface area contributed by atoms with E-state index < -0.39 is 0 Å². The third-order valence-electron chi connectivity index (χ3n) is 10.3. The molecule has 0 unspecified atom stereocenters. The topological polar surface area (TPSA) is 201 Å². The molecule has 0 bridgehead atoms. The van der Waals surface area contributed by atoms with Crippen molar-refractivity contribution in [2.75, 3.05) is 11.5 Å². The summed E-state index contributed by atoms with van der Waals surface area (Å²) < 4.78 is 5.83. The molecule has 1 aliphatic rings. The maximum atomic E-state index is 12.1. The molecule has 1 aliphatic heterocycles. The molecule has 6 heterocycles. The lowest BCUT2D eigenvalue weighted by atomic mass is 10.0. The van der Waals surface area contributed by atoms with Crippen molar-refractivity contribution >= 4 is 39.6 Å². The average molecular weight is 857 g/mol. The molecular formula is C47H76N12O3. The smallest absolute Gasteiger partial charge is 0.349 e. The summed E-state index contributed by atoms with van der Waals surface area (Å²) in [6.07, 6.45) is 9.43. The van der Waals surface area contributed by atoms with Gasteiger partial charge in [-0.25, -0.2) is 19.7 Å². The van der Waals surface area contributed by atoms with Crippen LogP contribution >= 0.6 is 0 Å². The molecule has 62 heavy (non-hydrogen) atoms. The molecule has 15 nitrogen and oxygen atoms in total. The van der Waals surface area contributed by atoms with Crippen LogP contribution in [0.3, 0.4) is 0 Å². The predicted octanol–water partition coefficient (Wildman–Crippen LogP) is 9.46. The molecule has 0 spiro atoms. The summed E-state index contributed by atoms with van der Waals surface area (Å²) in [5.41, 5.74) is 17.1. The highest BCUT2D eigenvalue weighted by Gasteiger charge is 2.24. The number of nitrogens with one attached hydrogen (secondary N) is 2. The summed E-state index contributed by atoms with van der Waals surface area (Å²) >= 11 is 0. The maximum absolute atomic E-state index is 12.1. The zero-order chi connectivity index (χ0) is 46.4. The van der Waals surface area contributed by atoms with E-state index >= 15 is 0 Å². The second-order valence-corrected chi connectivity index (χ2v) is 17.9. The van der Waals surface area contributed by atoms with Crippen molar-refractivity contribution < 1.29 is 4.79 Å². The summed E-state index contributed by atoms with van der Waals surface area (Å²) in [7, 11) is 0. The highest BCUT2D eigenvalue weighted by molar-refractivity contribution is 5.95. The predicted molar refractivity (Wildman–Crippen MR) is 257 cm³/mol. The Balaban J connectivity index is 0.000000284. The van der Waals surface area contributed by atoms with Gasteiger partial charge in [0, 0.05) is 60.1 Å². The largest absolute Gasteiger partial charge is 0.383 e. The zero-order valence-corrected chi connectivity index (χ0v) is 39.7. The zero-order valence-electron chi connectivity index (χ0n) is 39.7. The standard InChI is InChI=1S/C13H19N3O.C12H18N4.C11H18N2O.C10H17N3O.CH4/c1-7(2)10-6-16(8(3)4)12-11(10)13(17)15-9(5)14-12;1-7(2)9-5-16(8(3)4)12-10(9)11(13)14-6-15-12;1-7(2)10-6-13(8(3)4)9(5)12-11(10)14;1-6(2)8-5-13(7(3)4)10(14)12-9(8)11;/h6-8H,1-5H3,(H,14,15,17);5-8H,1-4H3,(H2,13,14,15);6-8H,5H2,1-4H3,(H,12,14);5-7H,1-4H3,(H2,11,12,14);1H4. The quantitative estimate of drug-likeness (QED) is 0.116. The van der Waals surface area contributed by atoms with Crippen LogP contribution in [0.5, 0.6) is 0 Å². The van der Waals surface area contributed by atoms with E-state index in [1.165, 1.54) is 11.9 Å². The maximum Gasteiger partial charge on any atom is 0.349 e. The lowest BCUT2D eigenvalue weighted by Gasteiger charge is -2.32. The van der Waals surface area contributed by atoms with Crippen molar-refractivity contribution in [2.45, 2.75) is 167 Å². The van der Waals surface area contributed by atoms with Gasteiger partial charge >= 0.3 is 5.69 Å². The normalized spacial score (nSPS) is 12.9. The first kappa shape index (κ1) is 52.4. The number of aromatic amines is 1. The second kappa shape index (κ2) is 21.9. The van der Waals surface area contributed by atoms with E-state index in [-0.39, 0.29) is 42.5 Å². The molecule has 6 N–H and O–H groups in total. The number of rotatable bonds is 8. The minimum atomic E-state index is -0.276. The van der Waals surface area contributed by atoms with Crippen LogP contribution in [0.1, 0.15) is 177 Å². The van der Waals surface area contributed by atoms with Crippen LogP contribution in [0, 0.1) is 12.8 Å². The minimum Gasteiger partial charge on any atom is -0.383 e. The van der Waals surface area contributed by atoms with Gasteiger partial charge in [-0.3, -0.25) is 14.2 Å². The highest BCUT2D eigenvalue weighted by Crippen LogP contribution is 2.31. The molecule has 0 aliphatic carbocycles. The third-order valence-corrected chi connectivity index (χ3v) is 10.3. The molecule has 0 radical (unpaired) electrons. The van der Waals surface area contributed by atoms with Crippen LogP contribution in [-0.2, 0) is 4.79 Å². The fraction of sp³-hybridized carbons (Fsp3) is 0.553. The van der Waals surface area contributed by atoms with Gasteiger partial charge in [-0.05, 0) is 97.1 Å². The summed E-state index contributed by atoms with van der Waals surface area (Å²) in [6, 6.07) is 1.12. The number of nitrogens with zero attached hydrogens (tertiary/aromatic N) is 8. The number of carbonyl (C=O) groups excluding carboxylic acids is 1. The number of amides is 1. The molecule has 1 amide bonds. The SMILES string of the molecule is C.C=C1NC(=O)C(C(C)C)=CN1C(C)C.CC(C)c1cn(C(C)C)c(=O)nc1N.CC(C)c1cn(C(C)C)c2ncnc(N)c12.Cc1nc2c(c(C(C)C)cn2C(C)C)c(=O)[nH]1. The summed E-state index contributed by atoms with van der Waals surface area (Å²) in [5, 5.41) is 4.51. The molecule has 342 valence electrons. The van der Waals surface area contributed by atoms with Crippen molar-refractivity contribution in [3.63, 3.8) is 0 Å². The number of fused-ring (bicyclic) bond motifs is 2. The van der Waals surface area contributed by atoms with Gasteiger partial charge in [-0.1, -0.05) is 69.4 Å². The van der Waals surface area contributed by atoms with Crippen molar-refractivity contribution in [3.8, 4) is 0 Å². The number of hydrogen-bond donors (Lipinski definition) is 4. The van der Waals surface area contributed by atoms with Gasteiger partial charge in [0.1, 0.15) is 40.9 Å². The first-order chi connectivity index (χ1) is 28.3. The number of nitrogens with two attached hydrogens (primary N) is 2. The van der Waals surface area contributed by atoms with Gasteiger partial charge < -0.3 is 35.8 Å². The lowest BCUT2D eigenvalue weighted by molar-refractivity contribution is -0.118. The fourth-order valence-corrected chi connectivity index (χ4v) is 6.83. The molecule has 0 aromatic carbocycles. The number of aryl methyl sites for hydroxylation is 1. The van der Waals surface area contributed by atoms with Crippen LogP contribution in [0.2, 0.25) is 0 Å². The Labute approximate surface area is 369 Å². The van der Waals surface area contributed by atoms with E-state index in [1.54, 1.807) is 10.8 Å². The Kier molecular flexibility index (Phi) is 18.5. The number of anilines is 2. The van der Waals surface area contributed by atoms with Crippen LogP contribution in [0.25, 0.3) is 22.1 Å². The van der Waals surface area contributed by atoms with E-state index in [0.29, 0.717) is 53.2 Å². The molecule has 5 aromatic heterocycles. The molecule has 6 rings (SSSR count). The van der Waals surface area contributed by atoms with Crippen LogP contribution < -0.4 is 28.0 Å². The molecule has 0 atom stereocenters. The summed E-state index contributed by atoms with van der Waals surface area (Å²) in [5.74, 6) is 3.50. The van der Waals surface area contributed by atoms with E-state index in [2.05, 4.69) is 128 Å². The molecule has 15 heteroatoms. The van der Waals surface area contributed by atoms with Crippen LogP contribution in [-0.4, -0.2) is 55.5 Å². The summed E-state index contributed by atoms with van der Waals surface area (Å²) in [4.78, 5) is 56.5. The number of aromatic nitrogens is 8. The molecular weight excluding hydrogens is 781 g/mol. The molecule has 0 fully saturated rings. The Morgan fingerprint density at radius 1 is 0.597 bits per heavy atom. The fourth-order valence-electron chi connectivity index (χ4n) is 6.83. The Morgan fingerprint density at radius 2 is 1.08 bits per heavy atom. The number of carbonyl (C=O) groups is 1. The average Bonchev–Trinajstić information content (AvgIpc) is 3.73. The Hall–Kier alpha value is -5.73. The summed E-state index contributed by atoms with van der Waals surface area (Å²) in [6.45, 7) is 38.7. The number of H-pyrrole nitrogens is 1.